The Balaban J connectivity index is 2.39. The van der Waals surface area contributed by atoms with E-state index in [1.54, 1.807) is 7.11 Å². The number of rotatable bonds is 3. The van der Waals surface area contributed by atoms with Crippen LogP contribution in [0.3, 0.4) is 0 Å². The first-order valence-corrected chi connectivity index (χ1v) is 4.55. The monoisotopic (exact) mass is 195 g/mol. The lowest BCUT2D eigenvalue weighted by Crippen LogP contribution is -2.09. The van der Waals surface area contributed by atoms with Gasteiger partial charge in [-0.15, -0.1) is 0 Å². The van der Waals surface area contributed by atoms with Gasteiger partial charge in [-0.1, -0.05) is 0 Å². The predicted molar refractivity (Wildman–Crippen MR) is 49.8 cm³/mol. The fourth-order valence-electron chi connectivity index (χ4n) is 1.48. The second-order valence-electron chi connectivity index (χ2n) is 3.11. The Hall–Kier alpha value is -1.20. The molecule has 0 fully saturated rings. The third-order valence-corrected chi connectivity index (χ3v) is 2.15. The van der Waals surface area contributed by atoms with Gasteiger partial charge in [-0.25, -0.2) is 4.98 Å². The van der Waals surface area contributed by atoms with E-state index in [0.717, 1.165) is 17.1 Å². The lowest BCUT2D eigenvalue weighted by molar-refractivity contribution is 0.132. The van der Waals surface area contributed by atoms with Crippen molar-refractivity contribution in [1.29, 1.82) is 0 Å². The lowest BCUT2D eigenvalue weighted by atomic mass is 10.2. The average Bonchev–Trinajstić information content (AvgIpc) is 2.65. The summed E-state index contributed by atoms with van der Waals surface area (Å²) in [6.45, 7) is 1.63. The van der Waals surface area contributed by atoms with Crippen LogP contribution in [0.2, 0.25) is 0 Å². The molecule has 1 aliphatic heterocycles. The summed E-state index contributed by atoms with van der Waals surface area (Å²) >= 11 is 0. The van der Waals surface area contributed by atoms with E-state index in [1.165, 1.54) is 0 Å². The van der Waals surface area contributed by atoms with Crippen LogP contribution in [-0.4, -0.2) is 23.6 Å². The van der Waals surface area contributed by atoms with Gasteiger partial charge in [0.1, 0.15) is 5.82 Å². The highest BCUT2D eigenvalue weighted by Gasteiger charge is 2.20. The van der Waals surface area contributed by atoms with Gasteiger partial charge < -0.3 is 15.2 Å². The second kappa shape index (κ2) is 3.89. The van der Waals surface area contributed by atoms with E-state index in [2.05, 4.69) is 9.97 Å². The van der Waals surface area contributed by atoms with Gasteiger partial charge in [0.2, 0.25) is 5.88 Å². The van der Waals surface area contributed by atoms with E-state index in [-0.39, 0.29) is 0 Å². The van der Waals surface area contributed by atoms with E-state index in [0.29, 0.717) is 32.1 Å². The van der Waals surface area contributed by atoms with Crippen molar-refractivity contribution >= 4 is 0 Å². The highest BCUT2D eigenvalue weighted by molar-refractivity contribution is 5.32. The Bertz CT molecular complexity index is 341. The molecule has 5 nitrogen and oxygen atoms in total. The summed E-state index contributed by atoms with van der Waals surface area (Å²) in [6, 6.07) is 0. The minimum atomic E-state index is 0.543. The van der Waals surface area contributed by atoms with E-state index < -0.39 is 0 Å². The van der Waals surface area contributed by atoms with Crippen molar-refractivity contribution in [3.8, 4) is 5.88 Å². The second-order valence-corrected chi connectivity index (χ2v) is 3.11. The van der Waals surface area contributed by atoms with Crippen molar-refractivity contribution in [2.24, 2.45) is 5.73 Å². The molecule has 0 unspecified atom stereocenters. The van der Waals surface area contributed by atoms with Crippen LogP contribution in [0.4, 0.5) is 0 Å². The van der Waals surface area contributed by atoms with Crippen LogP contribution < -0.4 is 10.5 Å². The molecule has 0 saturated heterocycles. The van der Waals surface area contributed by atoms with Gasteiger partial charge in [-0.2, -0.15) is 4.98 Å². The highest BCUT2D eigenvalue weighted by Crippen LogP contribution is 2.25. The molecule has 2 heterocycles. The van der Waals surface area contributed by atoms with E-state index in [4.69, 9.17) is 15.2 Å². The Morgan fingerprint density at radius 2 is 2.29 bits per heavy atom. The molecule has 0 amide bonds. The molecule has 2 rings (SSSR count). The van der Waals surface area contributed by atoms with E-state index in [9.17, 15) is 0 Å². The molecule has 76 valence electrons. The van der Waals surface area contributed by atoms with Crippen LogP contribution in [0.5, 0.6) is 5.88 Å². The standard InChI is InChI=1S/C9H13N3O2/c1-13-9-6-4-14-5-7(6)11-8(12-9)2-3-10/h2-5,10H2,1H3. The summed E-state index contributed by atoms with van der Waals surface area (Å²) in [4.78, 5) is 8.61. The molecule has 0 radical (unpaired) electrons. The molecule has 14 heavy (non-hydrogen) atoms. The van der Waals surface area contributed by atoms with Crippen molar-refractivity contribution in [3.63, 3.8) is 0 Å². The summed E-state index contributed by atoms with van der Waals surface area (Å²) in [6.07, 6.45) is 0.670. The van der Waals surface area contributed by atoms with Crippen molar-refractivity contribution in [1.82, 2.24) is 9.97 Å². The Morgan fingerprint density at radius 3 is 3.00 bits per heavy atom. The molecule has 0 saturated carbocycles. The van der Waals surface area contributed by atoms with Gasteiger partial charge >= 0.3 is 0 Å². The number of hydrogen-bond donors (Lipinski definition) is 1. The number of nitrogens with two attached hydrogens (primary N) is 1. The van der Waals surface area contributed by atoms with Gasteiger partial charge in [0.15, 0.2) is 0 Å². The molecule has 1 aliphatic rings. The van der Waals surface area contributed by atoms with Crippen LogP contribution in [0.15, 0.2) is 0 Å². The fraction of sp³-hybridized carbons (Fsp3) is 0.556. The van der Waals surface area contributed by atoms with Crippen molar-refractivity contribution in [3.05, 3.63) is 17.1 Å². The maximum Gasteiger partial charge on any atom is 0.222 e. The molecular weight excluding hydrogens is 182 g/mol. The van der Waals surface area contributed by atoms with Gasteiger partial charge in [0, 0.05) is 6.42 Å². The van der Waals surface area contributed by atoms with Gasteiger partial charge in [-0.05, 0) is 6.54 Å². The number of aromatic nitrogens is 2. The molecule has 0 spiro atoms. The van der Waals surface area contributed by atoms with Gasteiger partial charge in [-0.3, -0.25) is 0 Å². The van der Waals surface area contributed by atoms with Crippen LogP contribution >= 0.6 is 0 Å². The number of fused-ring (bicyclic) bond motifs is 1. The summed E-state index contributed by atoms with van der Waals surface area (Å²) in [5.74, 6) is 1.35. The summed E-state index contributed by atoms with van der Waals surface area (Å²) in [7, 11) is 1.60. The molecule has 0 aromatic carbocycles. The fourth-order valence-corrected chi connectivity index (χ4v) is 1.48. The van der Waals surface area contributed by atoms with E-state index >= 15 is 0 Å². The van der Waals surface area contributed by atoms with E-state index in [1.807, 2.05) is 0 Å². The maximum absolute atomic E-state index is 5.45. The minimum absolute atomic E-state index is 0.543. The molecule has 5 heteroatoms. The third-order valence-electron chi connectivity index (χ3n) is 2.15. The predicted octanol–water partition coefficient (Wildman–Crippen LogP) is 0.0166. The average molecular weight is 195 g/mol. The Kier molecular flexibility index (Phi) is 2.60. The normalized spacial score (nSPS) is 14.1. The molecule has 1 aromatic rings. The van der Waals surface area contributed by atoms with Crippen molar-refractivity contribution in [2.75, 3.05) is 13.7 Å². The summed E-state index contributed by atoms with van der Waals surface area (Å²) in [5.41, 5.74) is 7.34. The lowest BCUT2D eigenvalue weighted by Gasteiger charge is -2.06. The van der Waals surface area contributed by atoms with Crippen LogP contribution in [0, 0.1) is 0 Å². The zero-order valence-corrected chi connectivity index (χ0v) is 8.12. The zero-order valence-electron chi connectivity index (χ0n) is 8.12. The highest BCUT2D eigenvalue weighted by atomic mass is 16.5. The number of hydrogen-bond acceptors (Lipinski definition) is 5. The zero-order chi connectivity index (χ0) is 9.97. The number of methoxy groups -OCH3 is 1. The molecule has 2 N–H and O–H groups in total. The molecule has 0 bridgehead atoms. The molecule has 0 atom stereocenters. The topological polar surface area (TPSA) is 70.3 Å². The Labute approximate surface area is 82.3 Å². The Morgan fingerprint density at radius 1 is 1.43 bits per heavy atom. The molecule has 0 aliphatic carbocycles. The largest absolute Gasteiger partial charge is 0.481 e. The first kappa shape index (κ1) is 9.36. The number of nitrogens with zero attached hydrogens (tertiary/aromatic N) is 2. The third kappa shape index (κ3) is 1.56. The van der Waals surface area contributed by atoms with Crippen LogP contribution in [0.1, 0.15) is 17.1 Å². The van der Waals surface area contributed by atoms with Crippen LogP contribution in [-0.2, 0) is 24.4 Å². The SMILES string of the molecule is COc1nc(CCN)nc2c1COC2. The first-order valence-electron chi connectivity index (χ1n) is 4.55. The summed E-state index contributed by atoms with van der Waals surface area (Å²) in [5, 5.41) is 0. The molecule has 1 aromatic heterocycles. The number of ether oxygens (including phenoxy) is 2. The minimum Gasteiger partial charge on any atom is -0.481 e. The van der Waals surface area contributed by atoms with Crippen LogP contribution in [0.25, 0.3) is 0 Å². The summed E-state index contributed by atoms with van der Waals surface area (Å²) < 4.78 is 10.4. The maximum atomic E-state index is 5.45. The van der Waals surface area contributed by atoms with Crippen molar-refractivity contribution < 1.29 is 9.47 Å². The van der Waals surface area contributed by atoms with Crippen molar-refractivity contribution in [2.45, 2.75) is 19.6 Å². The smallest absolute Gasteiger partial charge is 0.222 e. The van der Waals surface area contributed by atoms with Gasteiger partial charge in [0.05, 0.1) is 31.6 Å². The quantitative estimate of drug-likeness (QED) is 0.736. The first-order chi connectivity index (χ1) is 6.85. The molecular formula is C9H13N3O2. The van der Waals surface area contributed by atoms with Gasteiger partial charge in [0.25, 0.3) is 0 Å².